The van der Waals surface area contributed by atoms with Crippen LogP contribution in [0, 0.1) is 12.3 Å². The van der Waals surface area contributed by atoms with E-state index in [1.807, 2.05) is 0 Å². The number of hydrogen-bond acceptors (Lipinski definition) is 2. The average Bonchev–Trinajstić information content (AvgIpc) is 2.27. The van der Waals surface area contributed by atoms with E-state index in [1.54, 1.807) is 18.2 Å². The Morgan fingerprint density at radius 3 is 2.81 bits per heavy atom. The van der Waals surface area contributed by atoms with Crippen molar-refractivity contribution in [2.45, 2.75) is 0 Å². The van der Waals surface area contributed by atoms with Crippen molar-refractivity contribution in [3.63, 3.8) is 0 Å². The number of carboxylic acid groups (broad SMARTS) is 1. The molecule has 0 aliphatic heterocycles. The number of para-hydroxylation sites is 1. The van der Waals surface area contributed by atoms with Crippen LogP contribution in [-0.4, -0.2) is 16.1 Å². The van der Waals surface area contributed by atoms with Crippen molar-refractivity contribution >= 4 is 16.9 Å². The summed E-state index contributed by atoms with van der Waals surface area (Å²) >= 11 is 0. The number of rotatable bonds is 1. The first-order valence-electron chi connectivity index (χ1n) is 4.49. The fourth-order valence-corrected chi connectivity index (χ4v) is 1.51. The Bertz CT molecular complexity index is 677. The van der Waals surface area contributed by atoms with Gasteiger partial charge in [-0.2, -0.15) is 0 Å². The lowest BCUT2D eigenvalue weighted by molar-refractivity contribution is 0.0695. The van der Waals surface area contributed by atoms with Crippen molar-refractivity contribution < 1.29 is 9.90 Å². The molecular formula is C12H7NO3. The highest BCUT2D eigenvalue weighted by Gasteiger charge is 2.10. The molecule has 0 amide bonds. The zero-order chi connectivity index (χ0) is 11.7. The lowest BCUT2D eigenvalue weighted by Crippen LogP contribution is -2.17. The normalized spacial score (nSPS) is 9.94. The molecule has 0 saturated carbocycles. The number of hydrogen-bond donors (Lipinski definition) is 2. The third kappa shape index (κ3) is 1.44. The Kier molecular flexibility index (Phi) is 2.22. The number of carbonyl (C=O) groups is 1. The fraction of sp³-hybridized carbons (Fsp3) is 0. The van der Waals surface area contributed by atoms with Crippen molar-refractivity contribution in [3.05, 3.63) is 45.7 Å². The van der Waals surface area contributed by atoms with E-state index in [1.165, 1.54) is 6.07 Å². The number of H-pyrrole nitrogens is 1. The van der Waals surface area contributed by atoms with Crippen LogP contribution >= 0.6 is 0 Å². The molecule has 0 radical (unpaired) electrons. The Morgan fingerprint density at radius 2 is 2.19 bits per heavy atom. The van der Waals surface area contributed by atoms with Crippen molar-refractivity contribution in [1.82, 2.24) is 4.98 Å². The summed E-state index contributed by atoms with van der Waals surface area (Å²) < 4.78 is 0. The second-order valence-electron chi connectivity index (χ2n) is 3.23. The van der Waals surface area contributed by atoms with Crippen LogP contribution in [0.2, 0.25) is 0 Å². The predicted molar refractivity (Wildman–Crippen MR) is 59.5 cm³/mol. The first-order chi connectivity index (χ1) is 7.63. The number of aromatic nitrogens is 1. The molecule has 78 valence electrons. The van der Waals surface area contributed by atoms with Gasteiger partial charge in [0.2, 0.25) is 0 Å². The fourth-order valence-electron chi connectivity index (χ4n) is 1.51. The quantitative estimate of drug-likeness (QED) is 0.699. The van der Waals surface area contributed by atoms with E-state index in [9.17, 15) is 9.59 Å². The molecule has 2 rings (SSSR count). The van der Waals surface area contributed by atoms with Crippen molar-refractivity contribution in [2.75, 3.05) is 0 Å². The van der Waals surface area contributed by atoms with E-state index in [0.717, 1.165) is 0 Å². The summed E-state index contributed by atoms with van der Waals surface area (Å²) in [6, 6.07) is 6.40. The van der Waals surface area contributed by atoms with Gasteiger partial charge in [-0.15, -0.1) is 6.42 Å². The molecule has 4 heteroatoms. The number of aromatic carboxylic acids is 1. The molecule has 4 nitrogen and oxygen atoms in total. The van der Waals surface area contributed by atoms with Gasteiger partial charge in [-0.3, -0.25) is 4.79 Å². The smallest absolute Gasteiger partial charge is 0.341 e. The van der Waals surface area contributed by atoms with E-state index in [4.69, 9.17) is 11.5 Å². The standard InChI is InChI=1S/C12H7NO3/c1-2-7-4-3-5-8-6-9(12(15)16)11(14)13-10(7)8/h1,3-6H,(H,13,14)(H,15,16). The first kappa shape index (κ1) is 9.99. The maximum absolute atomic E-state index is 11.4. The Hall–Kier alpha value is -2.54. The topological polar surface area (TPSA) is 70.2 Å². The molecule has 0 fully saturated rings. The van der Waals surface area contributed by atoms with Crippen molar-refractivity contribution in [1.29, 1.82) is 0 Å². The molecule has 0 bridgehead atoms. The minimum Gasteiger partial charge on any atom is -0.477 e. The second-order valence-corrected chi connectivity index (χ2v) is 3.23. The van der Waals surface area contributed by atoms with Gasteiger partial charge in [0, 0.05) is 10.9 Å². The molecule has 0 atom stereocenters. The summed E-state index contributed by atoms with van der Waals surface area (Å²) in [5.41, 5.74) is 0.0795. The second kappa shape index (κ2) is 3.55. The molecule has 2 N–H and O–H groups in total. The highest BCUT2D eigenvalue weighted by atomic mass is 16.4. The average molecular weight is 213 g/mol. The lowest BCUT2D eigenvalue weighted by Gasteiger charge is -2.01. The molecule has 0 unspecified atom stereocenters. The van der Waals surface area contributed by atoms with Crippen LogP contribution in [0.4, 0.5) is 0 Å². The third-order valence-electron chi connectivity index (χ3n) is 2.27. The van der Waals surface area contributed by atoms with Gasteiger partial charge in [0.25, 0.3) is 5.56 Å². The zero-order valence-corrected chi connectivity index (χ0v) is 8.15. The Labute approximate surface area is 90.5 Å². The van der Waals surface area contributed by atoms with Gasteiger partial charge in [-0.05, 0) is 12.1 Å². The summed E-state index contributed by atoms with van der Waals surface area (Å²) in [5.74, 6) is 1.17. The zero-order valence-electron chi connectivity index (χ0n) is 8.15. The van der Waals surface area contributed by atoms with Crippen LogP contribution in [0.5, 0.6) is 0 Å². The van der Waals surface area contributed by atoms with Crippen LogP contribution in [0.25, 0.3) is 10.9 Å². The van der Waals surface area contributed by atoms with E-state index in [-0.39, 0.29) is 5.56 Å². The van der Waals surface area contributed by atoms with Crippen LogP contribution < -0.4 is 5.56 Å². The summed E-state index contributed by atoms with van der Waals surface area (Å²) in [5, 5.41) is 9.40. The monoisotopic (exact) mass is 213 g/mol. The maximum Gasteiger partial charge on any atom is 0.341 e. The van der Waals surface area contributed by atoms with Gasteiger partial charge < -0.3 is 10.1 Å². The third-order valence-corrected chi connectivity index (χ3v) is 2.27. The maximum atomic E-state index is 11.4. The highest BCUT2D eigenvalue weighted by Crippen LogP contribution is 2.14. The number of nitrogens with one attached hydrogen (secondary N) is 1. The van der Waals surface area contributed by atoms with Crippen molar-refractivity contribution in [3.8, 4) is 12.3 Å². The van der Waals surface area contributed by atoms with Crippen LogP contribution in [-0.2, 0) is 0 Å². The lowest BCUT2D eigenvalue weighted by atomic mass is 10.1. The van der Waals surface area contributed by atoms with Gasteiger partial charge in [0.1, 0.15) is 5.56 Å². The molecule has 16 heavy (non-hydrogen) atoms. The highest BCUT2D eigenvalue weighted by molar-refractivity contribution is 5.93. The van der Waals surface area contributed by atoms with Gasteiger partial charge in [-0.25, -0.2) is 4.79 Å². The number of carboxylic acids is 1. The number of aromatic amines is 1. The van der Waals surface area contributed by atoms with E-state index < -0.39 is 11.5 Å². The minimum atomic E-state index is -1.26. The molecular weight excluding hydrogens is 206 g/mol. The molecule has 0 aliphatic rings. The number of pyridine rings is 1. The Balaban J connectivity index is 2.90. The first-order valence-corrected chi connectivity index (χ1v) is 4.49. The van der Waals surface area contributed by atoms with Crippen LogP contribution in [0.3, 0.4) is 0 Å². The predicted octanol–water partition coefficient (Wildman–Crippen LogP) is 1.21. The molecule has 0 spiro atoms. The van der Waals surface area contributed by atoms with Gasteiger partial charge in [-0.1, -0.05) is 18.1 Å². The van der Waals surface area contributed by atoms with E-state index in [2.05, 4.69) is 10.9 Å². The van der Waals surface area contributed by atoms with Crippen molar-refractivity contribution in [2.24, 2.45) is 0 Å². The van der Waals surface area contributed by atoms with Crippen LogP contribution in [0.1, 0.15) is 15.9 Å². The summed E-state index contributed by atoms with van der Waals surface area (Å²) in [6.07, 6.45) is 5.28. The molecule has 2 aromatic rings. The summed E-state index contributed by atoms with van der Waals surface area (Å²) in [6.45, 7) is 0. The molecule has 1 aromatic carbocycles. The number of fused-ring (bicyclic) bond motifs is 1. The van der Waals surface area contributed by atoms with Gasteiger partial charge >= 0.3 is 5.97 Å². The molecule has 0 saturated heterocycles. The molecule has 1 aromatic heterocycles. The largest absolute Gasteiger partial charge is 0.477 e. The number of terminal acetylenes is 1. The summed E-state index contributed by atoms with van der Waals surface area (Å²) in [7, 11) is 0. The van der Waals surface area contributed by atoms with Crippen LogP contribution in [0.15, 0.2) is 29.1 Å². The van der Waals surface area contributed by atoms with Gasteiger partial charge in [0.05, 0.1) is 5.52 Å². The minimum absolute atomic E-state index is 0.290. The Morgan fingerprint density at radius 1 is 1.44 bits per heavy atom. The van der Waals surface area contributed by atoms with E-state index >= 15 is 0 Å². The summed E-state index contributed by atoms with van der Waals surface area (Å²) in [4.78, 5) is 24.7. The van der Waals surface area contributed by atoms with E-state index in [0.29, 0.717) is 16.5 Å². The van der Waals surface area contributed by atoms with Gasteiger partial charge in [0.15, 0.2) is 0 Å². The number of benzene rings is 1. The SMILES string of the molecule is C#Cc1cccc2cc(C(=O)O)c(=O)[nH]c12. The molecule has 0 aliphatic carbocycles. The molecule has 1 heterocycles.